The van der Waals surface area contributed by atoms with Crippen molar-refractivity contribution in [1.82, 2.24) is 10.2 Å². The van der Waals surface area contributed by atoms with Crippen LogP contribution >= 0.6 is 11.6 Å². The summed E-state index contributed by atoms with van der Waals surface area (Å²) in [6.45, 7) is 4.67. The monoisotopic (exact) mass is 547 g/mol. The maximum absolute atomic E-state index is 14.2. The number of halogens is 1. The highest BCUT2D eigenvalue weighted by molar-refractivity contribution is 6.30. The molecular formula is C31H34ClN3O4. The van der Waals surface area contributed by atoms with Crippen LogP contribution in [0, 0.1) is 23.7 Å². The number of hydrogen-bond acceptors (Lipinski definition) is 4. The third-order valence-electron chi connectivity index (χ3n) is 9.25. The van der Waals surface area contributed by atoms with Crippen LogP contribution in [-0.2, 0) is 25.7 Å². The van der Waals surface area contributed by atoms with E-state index in [0.717, 1.165) is 24.8 Å². The molecule has 3 aliphatic heterocycles. The minimum absolute atomic E-state index is 0.0369. The van der Waals surface area contributed by atoms with Gasteiger partial charge in [0.2, 0.25) is 17.7 Å². The SMILES string of the molecule is CC1CCCC(NC(=O)C2N(Cc3ccccc3)C(=O)[C@@H]3C(C(=O)Nc4cccc(Cl)c4)[C@@H]4C=CC23O4)C1C. The van der Waals surface area contributed by atoms with Crippen LogP contribution in [0.5, 0.6) is 0 Å². The summed E-state index contributed by atoms with van der Waals surface area (Å²) in [6.07, 6.45) is 6.23. The Morgan fingerprint density at radius 1 is 1.08 bits per heavy atom. The molecule has 2 saturated heterocycles. The second-order valence-electron chi connectivity index (χ2n) is 11.5. The molecule has 0 aromatic heterocycles. The number of anilines is 1. The Kier molecular flexibility index (Phi) is 6.76. The number of carbonyl (C=O) groups excluding carboxylic acids is 3. The van der Waals surface area contributed by atoms with Crippen molar-refractivity contribution in [1.29, 1.82) is 0 Å². The molecule has 2 bridgehead atoms. The van der Waals surface area contributed by atoms with Gasteiger partial charge < -0.3 is 20.3 Å². The van der Waals surface area contributed by atoms with Gasteiger partial charge in [-0.15, -0.1) is 0 Å². The first-order valence-corrected chi connectivity index (χ1v) is 14.2. The van der Waals surface area contributed by atoms with Crippen molar-refractivity contribution in [3.63, 3.8) is 0 Å². The van der Waals surface area contributed by atoms with E-state index in [1.807, 2.05) is 42.5 Å². The molecule has 3 amide bonds. The van der Waals surface area contributed by atoms with E-state index in [2.05, 4.69) is 24.5 Å². The van der Waals surface area contributed by atoms with Crippen molar-refractivity contribution in [2.24, 2.45) is 23.7 Å². The number of fused-ring (bicyclic) bond motifs is 1. The van der Waals surface area contributed by atoms with Crippen LogP contribution in [0.1, 0.15) is 38.7 Å². The van der Waals surface area contributed by atoms with Crippen LogP contribution in [0.3, 0.4) is 0 Å². The van der Waals surface area contributed by atoms with E-state index in [1.165, 1.54) is 0 Å². The Morgan fingerprint density at radius 3 is 2.64 bits per heavy atom. The van der Waals surface area contributed by atoms with E-state index in [-0.39, 0.29) is 30.3 Å². The maximum atomic E-state index is 14.2. The summed E-state index contributed by atoms with van der Waals surface area (Å²) in [5, 5.41) is 6.71. The summed E-state index contributed by atoms with van der Waals surface area (Å²) in [5.74, 6) is -1.47. The van der Waals surface area contributed by atoms with Crippen LogP contribution in [0.4, 0.5) is 5.69 Å². The number of likely N-dealkylation sites (tertiary alicyclic amines) is 1. The minimum atomic E-state index is -1.19. The lowest BCUT2D eigenvalue weighted by molar-refractivity contribution is -0.142. The Morgan fingerprint density at radius 2 is 1.87 bits per heavy atom. The molecule has 1 spiro atoms. The number of carbonyl (C=O) groups is 3. The van der Waals surface area contributed by atoms with E-state index in [4.69, 9.17) is 16.3 Å². The van der Waals surface area contributed by atoms with Gasteiger partial charge in [0.15, 0.2) is 0 Å². The number of benzene rings is 2. The molecule has 8 atom stereocenters. The molecule has 1 aliphatic carbocycles. The predicted molar refractivity (Wildman–Crippen MR) is 149 cm³/mol. The first-order valence-electron chi connectivity index (χ1n) is 13.9. The van der Waals surface area contributed by atoms with Crippen LogP contribution in [0.25, 0.3) is 0 Å². The lowest BCUT2D eigenvalue weighted by Gasteiger charge is -2.38. The highest BCUT2D eigenvalue weighted by atomic mass is 35.5. The molecule has 2 aromatic carbocycles. The van der Waals surface area contributed by atoms with Gasteiger partial charge in [-0.2, -0.15) is 0 Å². The fraction of sp³-hybridized carbons (Fsp3) is 0.452. The number of ether oxygens (including phenoxy) is 1. The lowest BCUT2D eigenvalue weighted by atomic mass is 9.73. The van der Waals surface area contributed by atoms with Gasteiger partial charge in [-0.25, -0.2) is 0 Å². The minimum Gasteiger partial charge on any atom is -0.359 e. The first kappa shape index (κ1) is 26.1. The molecule has 2 N–H and O–H groups in total. The number of rotatable bonds is 6. The highest BCUT2D eigenvalue weighted by Crippen LogP contribution is 2.55. The Balaban J connectivity index is 1.33. The van der Waals surface area contributed by atoms with Gasteiger partial charge in [-0.1, -0.05) is 86.8 Å². The first-order chi connectivity index (χ1) is 18.8. The van der Waals surface area contributed by atoms with Crippen molar-refractivity contribution < 1.29 is 19.1 Å². The van der Waals surface area contributed by atoms with Gasteiger partial charge >= 0.3 is 0 Å². The summed E-state index contributed by atoms with van der Waals surface area (Å²) >= 11 is 6.12. The fourth-order valence-electron chi connectivity index (χ4n) is 7.06. The normalized spacial score (nSPS) is 34.7. The zero-order chi connectivity index (χ0) is 27.3. The van der Waals surface area contributed by atoms with Crippen molar-refractivity contribution in [3.8, 4) is 0 Å². The predicted octanol–water partition coefficient (Wildman–Crippen LogP) is 4.57. The van der Waals surface area contributed by atoms with E-state index in [0.29, 0.717) is 22.5 Å². The average molecular weight is 548 g/mol. The summed E-state index contributed by atoms with van der Waals surface area (Å²) in [5.41, 5.74) is 0.272. The van der Waals surface area contributed by atoms with Crippen molar-refractivity contribution in [2.45, 2.75) is 63.4 Å². The third-order valence-corrected chi connectivity index (χ3v) is 9.48. The van der Waals surface area contributed by atoms with E-state index in [9.17, 15) is 14.4 Å². The number of nitrogens with zero attached hydrogens (tertiary/aromatic N) is 1. The molecule has 4 aliphatic rings. The van der Waals surface area contributed by atoms with Crippen molar-refractivity contribution >= 4 is 35.0 Å². The molecular weight excluding hydrogens is 514 g/mol. The molecule has 6 unspecified atom stereocenters. The lowest BCUT2D eigenvalue weighted by Crippen LogP contribution is -2.57. The molecule has 1 saturated carbocycles. The number of amides is 3. The summed E-state index contributed by atoms with van der Waals surface area (Å²) in [6, 6.07) is 15.7. The molecule has 2 aromatic rings. The van der Waals surface area contributed by atoms with Crippen LogP contribution in [-0.4, -0.2) is 46.4 Å². The molecule has 3 heterocycles. The summed E-state index contributed by atoms with van der Waals surface area (Å²) < 4.78 is 6.47. The zero-order valence-corrected chi connectivity index (χ0v) is 22.9. The number of hydrogen-bond donors (Lipinski definition) is 2. The highest BCUT2D eigenvalue weighted by Gasteiger charge is 2.72. The van der Waals surface area contributed by atoms with Gasteiger partial charge in [-0.05, 0) is 42.0 Å². The molecule has 7 nitrogen and oxygen atoms in total. The molecule has 6 rings (SSSR count). The summed E-state index contributed by atoms with van der Waals surface area (Å²) in [4.78, 5) is 43.5. The Bertz CT molecular complexity index is 1320. The molecule has 39 heavy (non-hydrogen) atoms. The Labute approximate surface area is 233 Å². The van der Waals surface area contributed by atoms with Crippen LogP contribution in [0.2, 0.25) is 5.02 Å². The zero-order valence-electron chi connectivity index (χ0n) is 22.2. The van der Waals surface area contributed by atoms with Gasteiger partial charge in [0, 0.05) is 23.3 Å². The third kappa shape index (κ3) is 4.45. The standard InChI is InChI=1S/C31H34ClN3O4/c1-18-8-6-13-23(19(18)2)34-29(37)27-31-15-14-24(39-31)25(28(36)33-22-12-7-11-21(32)16-22)26(31)30(38)35(27)17-20-9-4-3-5-10-20/h3-5,7,9-12,14-16,18-19,23-27H,6,8,13,17H2,1-2H3,(H,33,36)(H,34,37)/t18?,19?,23?,24-,25?,26-,27?,31?/m0/s1. The quantitative estimate of drug-likeness (QED) is 0.519. The summed E-state index contributed by atoms with van der Waals surface area (Å²) in [7, 11) is 0. The Hall–Kier alpha value is -3.16. The molecule has 8 heteroatoms. The van der Waals surface area contributed by atoms with Gasteiger partial charge in [-0.3, -0.25) is 14.4 Å². The maximum Gasteiger partial charge on any atom is 0.246 e. The average Bonchev–Trinajstić information content (AvgIpc) is 3.55. The van der Waals surface area contributed by atoms with E-state index >= 15 is 0 Å². The largest absolute Gasteiger partial charge is 0.359 e. The second-order valence-corrected chi connectivity index (χ2v) is 12.0. The van der Waals surface area contributed by atoms with Crippen molar-refractivity contribution in [2.75, 3.05) is 5.32 Å². The molecule has 204 valence electrons. The molecule has 3 fully saturated rings. The van der Waals surface area contributed by atoms with Crippen LogP contribution in [0.15, 0.2) is 66.7 Å². The van der Waals surface area contributed by atoms with Gasteiger partial charge in [0.05, 0.1) is 17.9 Å². The van der Waals surface area contributed by atoms with Crippen LogP contribution < -0.4 is 10.6 Å². The number of nitrogens with one attached hydrogen (secondary N) is 2. The van der Waals surface area contributed by atoms with E-state index < -0.39 is 29.6 Å². The van der Waals surface area contributed by atoms with Gasteiger partial charge in [0.25, 0.3) is 0 Å². The smallest absolute Gasteiger partial charge is 0.246 e. The van der Waals surface area contributed by atoms with Crippen molar-refractivity contribution in [3.05, 3.63) is 77.3 Å². The van der Waals surface area contributed by atoms with E-state index in [1.54, 1.807) is 29.2 Å². The topological polar surface area (TPSA) is 87.7 Å². The van der Waals surface area contributed by atoms with Gasteiger partial charge in [0.1, 0.15) is 11.6 Å². The molecule has 0 radical (unpaired) electrons. The fourth-order valence-corrected chi connectivity index (χ4v) is 7.25. The second kappa shape index (κ2) is 10.1.